The van der Waals surface area contributed by atoms with Gasteiger partial charge in [-0.05, 0) is 12.1 Å². The fourth-order valence-electron chi connectivity index (χ4n) is 1.95. The third kappa shape index (κ3) is 11.5. The van der Waals surface area contributed by atoms with E-state index in [9.17, 15) is 35.9 Å². The monoisotopic (exact) mass is 454 g/mol. The number of aryl methyl sites for hydroxylation is 2. The predicted octanol–water partition coefficient (Wildman–Crippen LogP) is -0.0170. The van der Waals surface area contributed by atoms with E-state index in [-0.39, 0.29) is 42.3 Å². The molecule has 2 aromatic rings. The van der Waals surface area contributed by atoms with Crippen LogP contribution in [0.4, 0.5) is 26.3 Å². The molecule has 0 fully saturated rings. The molecule has 2 heterocycles. The first-order valence-corrected chi connectivity index (χ1v) is 7.83. The molecule has 0 aliphatic carbocycles. The first kappa shape index (κ1) is 30.7. The van der Waals surface area contributed by atoms with E-state index >= 15 is 0 Å². The SMILES string of the molecule is COC(=O)c1ccnn1CCC(F)(F)F.O=C(O)c1ccnn1CCC(F)(F)F.[Li+].[OH-]. The fraction of sp³-hybridized carbons (Fsp3) is 0.467. The molecule has 0 amide bonds. The van der Waals surface area contributed by atoms with Crippen LogP contribution >= 0.6 is 0 Å². The van der Waals surface area contributed by atoms with Crippen molar-refractivity contribution >= 4 is 11.9 Å². The van der Waals surface area contributed by atoms with Gasteiger partial charge in [-0.1, -0.05) is 0 Å². The number of aromatic carboxylic acids is 1. The molecule has 0 aliphatic rings. The van der Waals surface area contributed by atoms with Crippen LogP contribution in [0.1, 0.15) is 33.8 Å². The van der Waals surface area contributed by atoms with Gasteiger partial charge in [0.25, 0.3) is 0 Å². The molecule has 0 unspecified atom stereocenters. The molecule has 0 radical (unpaired) electrons. The molecule has 170 valence electrons. The Morgan fingerprint density at radius 1 is 0.935 bits per heavy atom. The van der Waals surface area contributed by atoms with Crippen molar-refractivity contribution in [2.24, 2.45) is 0 Å². The van der Waals surface area contributed by atoms with Gasteiger partial charge in [-0.25, -0.2) is 9.59 Å². The van der Waals surface area contributed by atoms with Gasteiger partial charge in [0.15, 0.2) is 0 Å². The summed E-state index contributed by atoms with van der Waals surface area (Å²) in [5.41, 5.74) is -0.226. The molecule has 2 rings (SSSR count). The molecular weight excluding hydrogens is 437 g/mol. The van der Waals surface area contributed by atoms with Gasteiger partial charge in [0, 0.05) is 12.4 Å². The summed E-state index contributed by atoms with van der Waals surface area (Å²) in [6.07, 6.45) is -8.28. The van der Waals surface area contributed by atoms with Crippen LogP contribution in [0.5, 0.6) is 0 Å². The van der Waals surface area contributed by atoms with Crippen LogP contribution in [-0.2, 0) is 17.8 Å². The van der Waals surface area contributed by atoms with E-state index in [2.05, 4.69) is 14.9 Å². The van der Waals surface area contributed by atoms with Gasteiger partial charge in [-0.3, -0.25) is 9.36 Å². The summed E-state index contributed by atoms with van der Waals surface area (Å²) >= 11 is 0. The first-order valence-electron chi connectivity index (χ1n) is 7.83. The predicted molar refractivity (Wildman–Crippen MR) is 86.0 cm³/mol. The summed E-state index contributed by atoms with van der Waals surface area (Å²) in [5, 5.41) is 15.6. The van der Waals surface area contributed by atoms with Crippen LogP contribution in [0.3, 0.4) is 0 Å². The minimum atomic E-state index is -4.30. The molecule has 16 heteroatoms. The van der Waals surface area contributed by atoms with Gasteiger partial charge >= 0.3 is 43.2 Å². The minimum absolute atomic E-state index is 0. The van der Waals surface area contributed by atoms with Crippen LogP contribution in [0.15, 0.2) is 24.5 Å². The van der Waals surface area contributed by atoms with Gasteiger partial charge in [0.1, 0.15) is 11.4 Å². The maximum absolute atomic E-state index is 11.9. The molecule has 9 nitrogen and oxygen atoms in total. The number of methoxy groups -OCH3 is 1. The van der Waals surface area contributed by atoms with Crippen molar-refractivity contribution in [3.8, 4) is 0 Å². The third-order valence-electron chi connectivity index (χ3n) is 3.26. The molecule has 0 atom stereocenters. The van der Waals surface area contributed by atoms with Crippen molar-refractivity contribution in [2.75, 3.05) is 7.11 Å². The summed E-state index contributed by atoms with van der Waals surface area (Å²) in [7, 11) is 1.16. The smallest absolute Gasteiger partial charge is 0.870 e. The van der Waals surface area contributed by atoms with E-state index in [1.165, 1.54) is 12.3 Å². The van der Waals surface area contributed by atoms with Gasteiger partial charge in [-0.2, -0.15) is 36.5 Å². The first-order chi connectivity index (χ1) is 13.3. The van der Waals surface area contributed by atoms with E-state index in [4.69, 9.17) is 5.11 Å². The number of carbonyl (C=O) groups is 2. The zero-order valence-electron chi connectivity index (χ0n) is 16.3. The molecule has 0 aromatic carbocycles. The van der Waals surface area contributed by atoms with Crippen molar-refractivity contribution < 1.29 is 70.1 Å². The van der Waals surface area contributed by atoms with Crippen molar-refractivity contribution in [2.45, 2.75) is 38.3 Å². The number of halogens is 6. The van der Waals surface area contributed by atoms with Gasteiger partial charge in [0.2, 0.25) is 0 Å². The van der Waals surface area contributed by atoms with Crippen LogP contribution in [-0.4, -0.2) is 61.5 Å². The average molecular weight is 454 g/mol. The van der Waals surface area contributed by atoms with E-state index in [1.54, 1.807) is 0 Å². The van der Waals surface area contributed by atoms with Crippen molar-refractivity contribution in [1.29, 1.82) is 0 Å². The third-order valence-corrected chi connectivity index (χ3v) is 3.26. The molecular formula is C15H17F6LiN4O5. The number of carbonyl (C=O) groups excluding carboxylic acids is 1. The quantitative estimate of drug-likeness (QED) is 0.369. The van der Waals surface area contributed by atoms with Crippen molar-refractivity contribution in [3.63, 3.8) is 0 Å². The van der Waals surface area contributed by atoms with Gasteiger partial charge in [-0.15, -0.1) is 0 Å². The number of aromatic nitrogens is 4. The zero-order valence-corrected chi connectivity index (χ0v) is 16.3. The molecule has 0 spiro atoms. The molecule has 0 saturated carbocycles. The Hall–Kier alpha value is -2.50. The van der Waals surface area contributed by atoms with E-state index in [0.717, 1.165) is 28.7 Å². The standard InChI is InChI=1S/C8H9F3N2O2.C7H7F3N2O2.Li.H2O/c1-15-7(14)6-2-4-12-13(6)5-3-8(9,10)11;8-7(9,10)2-4-12-5(6(13)14)1-3-11-12;;/h2,4H,3,5H2,1H3;1,3H,2,4H2,(H,13,14);;1H2/q;;+1;/p-1. The molecule has 0 aliphatic heterocycles. The number of ether oxygens (including phenoxy) is 1. The van der Waals surface area contributed by atoms with E-state index in [0.29, 0.717) is 0 Å². The maximum atomic E-state index is 11.9. The summed E-state index contributed by atoms with van der Waals surface area (Å²) in [6, 6.07) is 2.46. The average Bonchev–Trinajstić information content (AvgIpc) is 3.25. The molecule has 31 heavy (non-hydrogen) atoms. The number of alkyl halides is 6. The van der Waals surface area contributed by atoms with Gasteiger partial charge in [0.05, 0.1) is 33.0 Å². The summed E-state index contributed by atoms with van der Waals surface area (Å²) in [5.74, 6) is -1.99. The van der Waals surface area contributed by atoms with Crippen LogP contribution in [0.25, 0.3) is 0 Å². The largest absolute Gasteiger partial charge is 1.00 e. The van der Waals surface area contributed by atoms with Crippen LogP contribution < -0.4 is 18.9 Å². The fourth-order valence-corrected chi connectivity index (χ4v) is 1.95. The normalized spacial score (nSPS) is 10.8. The molecule has 0 saturated heterocycles. The molecule has 2 N–H and O–H groups in total. The molecule has 2 aromatic heterocycles. The topological polar surface area (TPSA) is 129 Å². The van der Waals surface area contributed by atoms with Gasteiger partial charge < -0.3 is 15.3 Å². The van der Waals surface area contributed by atoms with E-state index in [1.807, 2.05) is 0 Å². The Morgan fingerprint density at radius 3 is 1.68 bits per heavy atom. The Bertz CT molecular complexity index is 821. The number of rotatable bonds is 6. The van der Waals surface area contributed by atoms with Crippen molar-refractivity contribution in [3.05, 3.63) is 35.9 Å². The number of hydrogen-bond donors (Lipinski definition) is 1. The zero-order chi connectivity index (χ0) is 22.2. The maximum Gasteiger partial charge on any atom is 1.00 e. The number of carboxylic acids is 1. The minimum Gasteiger partial charge on any atom is -0.870 e. The number of esters is 1. The second-order valence-electron chi connectivity index (χ2n) is 5.41. The Morgan fingerprint density at radius 2 is 1.32 bits per heavy atom. The Kier molecular flexibility index (Phi) is 12.9. The van der Waals surface area contributed by atoms with Crippen LogP contribution in [0, 0.1) is 0 Å². The Labute approximate surface area is 183 Å². The van der Waals surface area contributed by atoms with Crippen molar-refractivity contribution in [1.82, 2.24) is 19.6 Å². The second-order valence-corrected chi connectivity index (χ2v) is 5.41. The Balaban J connectivity index is 0. The second kappa shape index (κ2) is 13.0. The van der Waals surface area contributed by atoms with Crippen LogP contribution in [0.2, 0.25) is 0 Å². The summed E-state index contributed by atoms with van der Waals surface area (Å²) < 4.78 is 77.3. The summed E-state index contributed by atoms with van der Waals surface area (Å²) in [6.45, 7) is -0.862. The molecule has 0 bridgehead atoms. The number of carboxylic acid groups (broad SMARTS) is 1. The summed E-state index contributed by atoms with van der Waals surface area (Å²) in [4.78, 5) is 21.5. The van der Waals surface area contributed by atoms with E-state index < -0.39 is 43.7 Å². The number of nitrogens with zero attached hydrogens (tertiary/aromatic N) is 4. The number of hydrogen-bond acceptors (Lipinski definition) is 6.